The van der Waals surface area contributed by atoms with Crippen molar-refractivity contribution in [2.24, 2.45) is 10.1 Å². The molecule has 0 aliphatic carbocycles. The van der Waals surface area contributed by atoms with Gasteiger partial charge in [-0.25, -0.2) is 14.2 Å². The van der Waals surface area contributed by atoms with E-state index in [4.69, 9.17) is 23.2 Å². The molecule has 0 saturated carbocycles. The number of nitrogens with zero attached hydrogens (tertiary/aromatic N) is 3. The second-order valence-electron chi connectivity index (χ2n) is 5.95. The number of rotatable bonds is 5. The first-order chi connectivity index (χ1) is 13.4. The summed E-state index contributed by atoms with van der Waals surface area (Å²) in [5.41, 5.74) is 2.53. The van der Waals surface area contributed by atoms with Gasteiger partial charge in [0.05, 0.1) is 16.4 Å². The lowest BCUT2D eigenvalue weighted by atomic mass is 10.0. The Morgan fingerprint density at radius 3 is 2.57 bits per heavy atom. The minimum absolute atomic E-state index is 0.00332. The van der Waals surface area contributed by atoms with Gasteiger partial charge in [0.1, 0.15) is 18.2 Å². The second-order valence-corrected chi connectivity index (χ2v) is 6.79. The molecule has 0 unspecified atom stereocenters. The molecule has 8 heteroatoms. The molecular weight excluding hydrogens is 404 g/mol. The monoisotopic (exact) mass is 419 g/mol. The van der Waals surface area contributed by atoms with E-state index in [1.807, 2.05) is 0 Å². The summed E-state index contributed by atoms with van der Waals surface area (Å²) in [4.78, 5) is 15.8. The Morgan fingerprint density at radius 2 is 1.96 bits per heavy atom. The maximum Gasteiger partial charge on any atom is 0.352 e. The molecule has 0 spiro atoms. The van der Waals surface area contributed by atoms with Crippen LogP contribution < -0.4 is 0 Å². The zero-order valence-corrected chi connectivity index (χ0v) is 16.4. The standard InChI is InChI=1S/C20H16Cl2FN3O2/c1-2-17(20(27)28)25-26-11-24-18(12-3-6-14(23)7-4-12)10-19(26)15-8-5-13(21)9-16(15)22/h3-10H,2,11H2,1H3,(H,27,28)/b25-17+. The van der Waals surface area contributed by atoms with Crippen molar-refractivity contribution in [1.29, 1.82) is 0 Å². The van der Waals surface area contributed by atoms with Crippen LogP contribution in [0.2, 0.25) is 10.0 Å². The van der Waals surface area contributed by atoms with Gasteiger partial charge in [-0.1, -0.05) is 30.1 Å². The van der Waals surface area contributed by atoms with E-state index in [1.165, 1.54) is 17.1 Å². The molecule has 0 radical (unpaired) electrons. The Hall–Kier alpha value is -2.70. The molecule has 0 atom stereocenters. The second kappa shape index (κ2) is 8.54. The molecule has 5 nitrogen and oxygen atoms in total. The van der Waals surface area contributed by atoms with Gasteiger partial charge in [-0.05, 0) is 55.0 Å². The van der Waals surface area contributed by atoms with Crippen LogP contribution in [-0.2, 0) is 4.79 Å². The van der Waals surface area contributed by atoms with E-state index in [1.54, 1.807) is 43.3 Å². The highest BCUT2D eigenvalue weighted by Gasteiger charge is 2.21. The third-order valence-electron chi connectivity index (χ3n) is 4.10. The van der Waals surface area contributed by atoms with E-state index in [9.17, 15) is 14.3 Å². The Bertz CT molecular complexity index is 1000. The molecule has 1 aliphatic rings. The van der Waals surface area contributed by atoms with Crippen LogP contribution in [0.25, 0.3) is 5.70 Å². The first kappa shape index (κ1) is 20.0. The number of hydrogen-bond donors (Lipinski definition) is 1. The summed E-state index contributed by atoms with van der Waals surface area (Å²) in [7, 11) is 0. The van der Waals surface area contributed by atoms with Crippen molar-refractivity contribution in [2.45, 2.75) is 13.3 Å². The predicted octanol–water partition coefficient (Wildman–Crippen LogP) is 5.09. The molecule has 144 valence electrons. The predicted molar refractivity (Wildman–Crippen MR) is 109 cm³/mol. The first-order valence-corrected chi connectivity index (χ1v) is 9.20. The highest BCUT2D eigenvalue weighted by atomic mass is 35.5. The van der Waals surface area contributed by atoms with Crippen molar-refractivity contribution in [3.8, 4) is 0 Å². The van der Waals surface area contributed by atoms with E-state index in [0.29, 0.717) is 27.0 Å². The van der Waals surface area contributed by atoms with Crippen LogP contribution in [0.1, 0.15) is 24.5 Å². The maximum atomic E-state index is 13.2. The molecule has 1 aliphatic heterocycles. The molecule has 1 heterocycles. The van der Waals surface area contributed by atoms with Gasteiger partial charge in [-0.3, -0.25) is 4.99 Å². The molecule has 0 aromatic heterocycles. The average molecular weight is 420 g/mol. The van der Waals surface area contributed by atoms with Gasteiger partial charge in [0.15, 0.2) is 0 Å². The van der Waals surface area contributed by atoms with Gasteiger partial charge in [0, 0.05) is 16.1 Å². The van der Waals surface area contributed by atoms with Gasteiger partial charge in [0.25, 0.3) is 0 Å². The number of carbonyl (C=O) groups is 1. The number of allylic oxidation sites excluding steroid dienone is 1. The highest BCUT2D eigenvalue weighted by molar-refractivity contribution is 6.36. The van der Waals surface area contributed by atoms with Crippen molar-refractivity contribution >= 4 is 46.3 Å². The molecule has 0 saturated heterocycles. The summed E-state index contributed by atoms with van der Waals surface area (Å²) < 4.78 is 13.2. The van der Waals surface area contributed by atoms with Gasteiger partial charge >= 0.3 is 5.97 Å². The summed E-state index contributed by atoms with van der Waals surface area (Å²) in [5, 5.41) is 15.9. The zero-order chi connectivity index (χ0) is 20.3. The Labute approximate surface area is 171 Å². The van der Waals surface area contributed by atoms with E-state index in [2.05, 4.69) is 10.1 Å². The zero-order valence-electron chi connectivity index (χ0n) is 14.9. The lowest BCUT2D eigenvalue weighted by molar-refractivity contribution is -0.129. The lowest BCUT2D eigenvalue weighted by Crippen LogP contribution is -2.26. The Balaban J connectivity index is 2.09. The maximum absolute atomic E-state index is 13.2. The van der Waals surface area contributed by atoms with E-state index in [0.717, 1.165) is 5.56 Å². The summed E-state index contributed by atoms with van der Waals surface area (Å²) >= 11 is 12.4. The first-order valence-electron chi connectivity index (χ1n) is 8.45. The van der Waals surface area contributed by atoms with Crippen molar-refractivity contribution < 1.29 is 14.3 Å². The topological polar surface area (TPSA) is 65.3 Å². The van der Waals surface area contributed by atoms with Crippen LogP contribution >= 0.6 is 23.2 Å². The molecule has 0 amide bonds. The summed E-state index contributed by atoms with van der Waals surface area (Å²) in [6, 6.07) is 11.0. The van der Waals surface area contributed by atoms with E-state index >= 15 is 0 Å². The molecule has 1 N–H and O–H groups in total. The summed E-state index contributed by atoms with van der Waals surface area (Å²) in [6.07, 6.45) is 1.99. The largest absolute Gasteiger partial charge is 0.477 e. The fourth-order valence-corrected chi connectivity index (χ4v) is 3.18. The lowest BCUT2D eigenvalue weighted by Gasteiger charge is -2.26. The fraction of sp³-hybridized carbons (Fsp3) is 0.150. The number of carboxylic acids is 1. The minimum atomic E-state index is -1.10. The molecular formula is C20H16Cl2FN3O2. The average Bonchev–Trinajstić information content (AvgIpc) is 2.67. The molecule has 2 aromatic rings. The van der Waals surface area contributed by atoms with Crippen LogP contribution in [0.4, 0.5) is 4.39 Å². The number of aliphatic carboxylic acids is 1. The van der Waals surface area contributed by atoms with Crippen molar-refractivity contribution in [3.05, 3.63) is 75.5 Å². The molecule has 0 fully saturated rings. The Kier molecular flexibility index (Phi) is 6.11. The summed E-state index contributed by atoms with van der Waals surface area (Å²) in [5.74, 6) is -1.44. The third kappa shape index (κ3) is 4.40. The van der Waals surface area contributed by atoms with Gasteiger partial charge in [-0.2, -0.15) is 5.10 Å². The smallest absolute Gasteiger partial charge is 0.352 e. The number of hydrogen-bond acceptors (Lipinski definition) is 4. The fourth-order valence-electron chi connectivity index (χ4n) is 2.67. The third-order valence-corrected chi connectivity index (χ3v) is 4.64. The number of aliphatic imine (C=N–C) groups is 1. The van der Waals surface area contributed by atoms with E-state index < -0.39 is 5.97 Å². The van der Waals surface area contributed by atoms with Crippen molar-refractivity contribution in [3.63, 3.8) is 0 Å². The van der Waals surface area contributed by atoms with Gasteiger partial charge in [-0.15, -0.1) is 0 Å². The van der Waals surface area contributed by atoms with Crippen molar-refractivity contribution in [2.75, 3.05) is 6.67 Å². The number of hydrazone groups is 1. The van der Waals surface area contributed by atoms with Gasteiger partial charge in [0.2, 0.25) is 0 Å². The van der Waals surface area contributed by atoms with Crippen LogP contribution in [0.15, 0.2) is 58.6 Å². The van der Waals surface area contributed by atoms with Gasteiger partial charge < -0.3 is 5.11 Å². The molecule has 28 heavy (non-hydrogen) atoms. The SMILES string of the molecule is CC/C(=N\N1CN=C(c2ccc(F)cc2)C=C1c1ccc(Cl)cc1Cl)C(=O)O. The van der Waals surface area contributed by atoms with Crippen molar-refractivity contribution in [1.82, 2.24) is 5.01 Å². The number of carboxylic acid groups (broad SMARTS) is 1. The van der Waals surface area contributed by atoms with Crippen LogP contribution in [0, 0.1) is 5.82 Å². The minimum Gasteiger partial charge on any atom is -0.477 e. The van der Waals surface area contributed by atoms with Crippen LogP contribution in [0.5, 0.6) is 0 Å². The Morgan fingerprint density at radius 1 is 1.25 bits per heavy atom. The molecule has 3 rings (SSSR count). The van der Waals surface area contributed by atoms with Crippen LogP contribution in [-0.4, -0.2) is 34.2 Å². The molecule has 2 aromatic carbocycles. The quantitative estimate of drug-likeness (QED) is 0.686. The molecule has 0 bridgehead atoms. The summed E-state index contributed by atoms with van der Waals surface area (Å²) in [6.45, 7) is 1.80. The highest BCUT2D eigenvalue weighted by Crippen LogP contribution is 2.31. The van der Waals surface area contributed by atoms with E-state index in [-0.39, 0.29) is 24.6 Å². The van der Waals surface area contributed by atoms with Crippen LogP contribution in [0.3, 0.4) is 0 Å². The number of benzene rings is 2. The number of halogens is 3. The normalized spacial score (nSPS) is 14.6.